The highest BCUT2D eigenvalue weighted by molar-refractivity contribution is 7.79. The van der Waals surface area contributed by atoms with Crippen molar-refractivity contribution in [2.45, 2.75) is 11.8 Å². The second-order valence-electron chi connectivity index (χ2n) is 3.31. The van der Waals surface area contributed by atoms with E-state index < -0.39 is 17.0 Å². The quantitative estimate of drug-likeness (QED) is 0.791. The fraction of sp³-hybridized carbons (Fsp3) is 0.100. The minimum Gasteiger partial charge on any atom is -0.768 e. The van der Waals surface area contributed by atoms with Crippen molar-refractivity contribution in [3.8, 4) is 0 Å². The molecule has 5 nitrogen and oxygen atoms in total. The molecular formula is C10H8NO4S-. The molecule has 1 heterocycles. The molecule has 0 bridgehead atoms. The van der Waals surface area contributed by atoms with E-state index in [9.17, 15) is 13.6 Å². The van der Waals surface area contributed by atoms with E-state index in [1.807, 2.05) is 0 Å². The summed E-state index contributed by atoms with van der Waals surface area (Å²) < 4.78 is 26.8. The van der Waals surface area contributed by atoms with Gasteiger partial charge in [-0.2, -0.15) is 0 Å². The lowest BCUT2D eigenvalue weighted by atomic mass is 10.1. The van der Waals surface area contributed by atoms with Gasteiger partial charge in [-0.05, 0) is 36.2 Å². The maximum atomic E-state index is 11.0. The predicted molar refractivity (Wildman–Crippen MR) is 56.7 cm³/mol. The molecule has 6 heteroatoms. The summed E-state index contributed by atoms with van der Waals surface area (Å²) in [5.74, 6) is -0.609. The van der Waals surface area contributed by atoms with Crippen molar-refractivity contribution >= 4 is 28.0 Å². The molecule has 84 valence electrons. The Labute approximate surface area is 93.5 Å². The number of nitrogens with two attached hydrogens (primary N) is 1. The van der Waals surface area contributed by atoms with E-state index in [0.717, 1.165) is 0 Å². The summed E-state index contributed by atoms with van der Waals surface area (Å²) in [5.41, 5.74) is 6.12. The van der Waals surface area contributed by atoms with Crippen LogP contribution < -0.4 is 5.73 Å². The number of rotatable bonds is 2. The lowest BCUT2D eigenvalue weighted by molar-refractivity contribution is 0.0975. The van der Waals surface area contributed by atoms with Gasteiger partial charge in [0.1, 0.15) is 5.58 Å². The third kappa shape index (κ3) is 1.62. The Bertz CT molecular complexity index is 602. The summed E-state index contributed by atoms with van der Waals surface area (Å²) in [6.07, 6.45) is 0. The molecule has 2 rings (SSSR count). The predicted octanol–water partition coefficient (Wildman–Crippen LogP) is 1.08. The summed E-state index contributed by atoms with van der Waals surface area (Å²) in [5, 5.41) is 0.579. The highest BCUT2D eigenvalue weighted by Crippen LogP contribution is 2.26. The number of amides is 1. The van der Waals surface area contributed by atoms with E-state index in [2.05, 4.69) is 0 Å². The molecule has 1 unspecified atom stereocenters. The molecule has 2 aromatic rings. The van der Waals surface area contributed by atoms with Crippen LogP contribution in [0.25, 0.3) is 11.0 Å². The van der Waals surface area contributed by atoms with E-state index in [1.54, 1.807) is 6.92 Å². The highest BCUT2D eigenvalue weighted by atomic mass is 32.2. The molecule has 0 saturated carbocycles. The van der Waals surface area contributed by atoms with Crippen LogP contribution in [0.5, 0.6) is 0 Å². The summed E-state index contributed by atoms with van der Waals surface area (Å²) in [4.78, 5) is 11.2. The minimum atomic E-state index is -2.30. The molecule has 0 aliphatic heterocycles. The molecule has 0 radical (unpaired) electrons. The number of hydrogen-bond donors (Lipinski definition) is 1. The van der Waals surface area contributed by atoms with Gasteiger partial charge in [0.2, 0.25) is 0 Å². The number of furan rings is 1. The Morgan fingerprint density at radius 1 is 1.50 bits per heavy atom. The fourth-order valence-electron chi connectivity index (χ4n) is 1.54. The van der Waals surface area contributed by atoms with Gasteiger partial charge in [-0.25, -0.2) is 0 Å². The molecule has 1 aromatic carbocycles. The molecule has 1 amide bonds. The maximum Gasteiger partial charge on any atom is 0.284 e. The monoisotopic (exact) mass is 238 g/mol. The van der Waals surface area contributed by atoms with Gasteiger partial charge in [0.05, 0.1) is 0 Å². The second kappa shape index (κ2) is 3.73. The fourth-order valence-corrected chi connectivity index (χ4v) is 1.93. The van der Waals surface area contributed by atoms with Crippen LogP contribution >= 0.6 is 0 Å². The smallest absolute Gasteiger partial charge is 0.284 e. The number of fused-ring (bicyclic) bond motifs is 1. The van der Waals surface area contributed by atoms with E-state index >= 15 is 0 Å². The lowest BCUT2D eigenvalue weighted by Crippen LogP contribution is -2.10. The second-order valence-corrected chi connectivity index (χ2v) is 4.25. The van der Waals surface area contributed by atoms with Gasteiger partial charge in [0.25, 0.3) is 5.91 Å². The van der Waals surface area contributed by atoms with Crippen LogP contribution in [0.3, 0.4) is 0 Å². The minimum absolute atomic E-state index is 0.0591. The van der Waals surface area contributed by atoms with Crippen LogP contribution in [0.1, 0.15) is 16.1 Å². The number of aryl methyl sites for hydroxylation is 1. The molecule has 1 aromatic heterocycles. The number of benzene rings is 1. The number of hydrogen-bond acceptors (Lipinski definition) is 4. The summed E-state index contributed by atoms with van der Waals surface area (Å²) in [6.45, 7) is 1.66. The van der Waals surface area contributed by atoms with Gasteiger partial charge < -0.3 is 14.7 Å². The largest absolute Gasteiger partial charge is 0.768 e. The van der Waals surface area contributed by atoms with Crippen molar-refractivity contribution < 1.29 is 18.0 Å². The molecule has 0 saturated heterocycles. The van der Waals surface area contributed by atoms with Crippen LogP contribution in [-0.4, -0.2) is 14.7 Å². The zero-order valence-corrected chi connectivity index (χ0v) is 9.17. The zero-order chi connectivity index (χ0) is 11.9. The van der Waals surface area contributed by atoms with Crippen molar-refractivity contribution in [2.24, 2.45) is 5.73 Å². The van der Waals surface area contributed by atoms with Crippen LogP contribution in [0.4, 0.5) is 0 Å². The van der Waals surface area contributed by atoms with Crippen LogP contribution in [-0.2, 0) is 11.1 Å². The zero-order valence-electron chi connectivity index (χ0n) is 8.35. The van der Waals surface area contributed by atoms with Crippen LogP contribution in [0.2, 0.25) is 0 Å². The number of carbonyl (C=O) groups excluding carboxylic acids is 1. The first-order valence-electron chi connectivity index (χ1n) is 4.43. The van der Waals surface area contributed by atoms with Gasteiger partial charge in [0, 0.05) is 15.8 Å². The summed E-state index contributed by atoms with van der Waals surface area (Å²) in [7, 11) is 0. The first kappa shape index (κ1) is 10.8. The van der Waals surface area contributed by atoms with Gasteiger partial charge in [0.15, 0.2) is 5.76 Å². The molecule has 0 aliphatic rings. The Balaban J connectivity index is 2.73. The standard InChI is InChI=1S/C10H9NO4S/c1-5-7-4-6(16(13)14)2-3-8(7)15-9(5)10(11)12/h2-4H,1H3,(H2,11,12)(H,13,14)/p-1. The Morgan fingerprint density at radius 2 is 2.19 bits per heavy atom. The van der Waals surface area contributed by atoms with E-state index in [4.69, 9.17) is 10.2 Å². The molecule has 16 heavy (non-hydrogen) atoms. The average Bonchev–Trinajstić information content (AvgIpc) is 2.56. The Kier molecular flexibility index (Phi) is 2.53. The molecule has 1 atom stereocenters. The average molecular weight is 238 g/mol. The maximum absolute atomic E-state index is 11.0. The van der Waals surface area contributed by atoms with Gasteiger partial charge in [-0.1, -0.05) is 0 Å². The third-order valence-corrected chi connectivity index (χ3v) is 2.96. The summed E-state index contributed by atoms with van der Waals surface area (Å²) in [6, 6.07) is 4.35. The van der Waals surface area contributed by atoms with Crippen molar-refractivity contribution in [1.29, 1.82) is 0 Å². The van der Waals surface area contributed by atoms with Gasteiger partial charge in [-0.15, -0.1) is 0 Å². The third-order valence-electron chi connectivity index (χ3n) is 2.32. The summed E-state index contributed by atoms with van der Waals surface area (Å²) >= 11 is -2.30. The van der Waals surface area contributed by atoms with Gasteiger partial charge >= 0.3 is 0 Å². The first-order chi connectivity index (χ1) is 7.50. The molecular weight excluding hydrogens is 230 g/mol. The molecule has 0 spiro atoms. The molecule has 0 aliphatic carbocycles. The highest BCUT2D eigenvalue weighted by Gasteiger charge is 2.14. The normalized spacial score (nSPS) is 12.9. The van der Waals surface area contributed by atoms with E-state index in [0.29, 0.717) is 16.5 Å². The number of primary amides is 1. The van der Waals surface area contributed by atoms with Crippen molar-refractivity contribution in [3.05, 3.63) is 29.5 Å². The molecule has 0 fully saturated rings. The Morgan fingerprint density at radius 3 is 2.75 bits per heavy atom. The van der Waals surface area contributed by atoms with Crippen LogP contribution in [0.15, 0.2) is 27.5 Å². The van der Waals surface area contributed by atoms with Gasteiger partial charge in [-0.3, -0.25) is 9.00 Å². The SMILES string of the molecule is Cc1c(C(N)=O)oc2ccc(S(=O)[O-])cc12. The number of carbonyl (C=O) groups is 1. The first-order valence-corrected chi connectivity index (χ1v) is 5.50. The van der Waals surface area contributed by atoms with E-state index in [-0.39, 0.29) is 10.7 Å². The molecule has 2 N–H and O–H groups in total. The van der Waals surface area contributed by atoms with Crippen molar-refractivity contribution in [3.63, 3.8) is 0 Å². The lowest BCUT2D eigenvalue weighted by Gasteiger charge is -2.03. The van der Waals surface area contributed by atoms with Crippen molar-refractivity contribution in [2.75, 3.05) is 0 Å². The topological polar surface area (TPSA) is 96.4 Å². The van der Waals surface area contributed by atoms with Crippen molar-refractivity contribution in [1.82, 2.24) is 0 Å². The Hall–Kier alpha value is -1.66. The van der Waals surface area contributed by atoms with E-state index in [1.165, 1.54) is 18.2 Å². The van der Waals surface area contributed by atoms with Crippen LogP contribution in [0, 0.1) is 6.92 Å².